The normalized spacial score (nSPS) is 25.8. The number of hydrogen-bond donors (Lipinski definition) is 2. The number of anilines is 1. The molecule has 2 atom stereocenters. The minimum absolute atomic E-state index is 0.0209. The molecule has 17 heavy (non-hydrogen) atoms. The molecule has 0 amide bonds. The lowest BCUT2D eigenvalue weighted by atomic mass is 10.2. The zero-order valence-corrected chi connectivity index (χ0v) is 10.4. The van der Waals surface area contributed by atoms with Crippen molar-refractivity contribution >= 4 is 33.1 Å². The number of nitrogens with one attached hydrogen (secondary N) is 1. The number of carboxylic acid groups (broad SMARTS) is 1. The molecule has 0 fully saturated rings. The molecule has 1 aromatic carbocycles. The minimum Gasteiger partial charge on any atom is -0.480 e. The molecular weight excluding hydrogens is 266 g/mol. The zero-order valence-electron chi connectivity index (χ0n) is 8.84. The number of halogens is 1. The zero-order chi connectivity index (χ0) is 12.8. The number of rotatable bonds is 1. The van der Waals surface area contributed by atoms with E-state index < -0.39 is 27.1 Å². The van der Waals surface area contributed by atoms with Crippen molar-refractivity contribution in [3.8, 4) is 0 Å². The van der Waals surface area contributed by atoms with Crippen LogP contribution in [0.15, 0.2) is 23.1 Å². The fourth-order valence-electron chi connectivity index (χ4n) is 1.94. The van der Waals surface area contributed by atoms with Crippen molar-refractivity contribution in [1.29, 1.82) is 0 Å². The van der Waals surface area contributed by atoms with Crippen LogP contribution in [0.1, 0.15) is 6.92 Å². The first kappa shape index (κ1) is 12.2. The Morgan fingerprint density at radius 3 is 2.71 bits per heavy atom. The molecule has 2 N–H and O–H groups in total. The summed E-state index contributed by atoms with van der Waals surface area (Å²) in [4.78, 5) is 11.0. The van der Waals surface area contributed by atoms with Gasteiger partial charge in [0.15, 0.2) is 15.1 Å². The Hall–Kier alpha value is -1.27. The van der Waals surface area contributed by atoms with Gasteiger partial charge in [0, 0.05) is 5.02 Å². The predicted molar refractivity (Wildman–Crippen MR) is 63.1 cm³/mol. The summed E-state index contributed by atoms with van der Waals surface area (Å²) in [5, 5.41) is 10.7. The first-order valence-corrected chi connectivity index (χ1v) is 6.79. The van der Waals surface area contributed by atoms with Gasteiger partial charge in [0.05, 0.1) is 16.6 Å². The van der Waals surface area contributed by atoms with E-state index in [4.69, 9.17) is 16.7 Å². The second-order valence-electron chi connectivity index (χ2n) is 3.88. The molecule has 0 aromatic heterocycles. The van der Waals surface area contributed by atoms with E-state index in [1.807, 2.05) is 0 Å². The smallest absolute Gasteiger partial charge is 0.324 e. The molecule has 1 aromatic rings. The average molecular weight is 276 g/mol. The molecular formula is C10H10ClNO4S. The Morgan fingerprint density at radius 2 is 2.12 bits per heavy atom. The van der Waals surface area contributed by atoms with E-state index in [1.165, 1.54) is 25.1 Å². The number of carbonyl (C=O) groups is 1. The van der Waals surface area contributed by atoms with Crippen molar-refractivity contribution < 1.29 is 18.3 Å². The van der Waals surface area contributed by atoms with Crippen LogP contribution in [0, 0.1) is 0 Å². The van der Waals surface area contributed by atoms with E-state index in [0.29, 0.717) is 10.7 Å². The van der Waals surface area contributed by atoms with Crippen molar-refractivity contribution in [3.05, 3.63) is 23.2 Å². The molecule has 92 valence electrons. The number of aliphatic carboxylic acids is 1. The van der Waals surface area contributed by atoms with E-state index in [0.717, 1.165) is 0 Å². The van der Waals surface area contributed by atoms with Gasteiger partial charge >= 0.3 is 5.97 Å². The Labute approximate surface area is 103 Å². The lowest BCUT2D eigenvalue weighted by Crippen LogP contribution is -2.46. The molecule has 0 radical (unpaired) electrons. The lowest BCUT2D eigenvalue weighted by Gasteiger charge is -2.29. The van der Waals surface area contributed by atoms with Crippen molar-refractivity contribution in [2.24, 2.45) is 0 Å². The van der Waals surface area contributed by atoms with Gasteiger partial charge in [-0.3, -0.25) is 4.79 Å². The Bertz CT molecular complexity index is 584. The third-order valence-electron chi connectivity index (χ3n) is 2.66. The molecule has 0 bridgehead atoms. The second kappa shape index (κ2) is 3.89. The summed E-state index contributed by atoms with van der Waals surface area (Å²) in [6.07, 6.45) is 0. The third-order valence-corrected chi connectivity index (χ3v) is 5.15. The van der Waals surface area contributed by atoms with Crippen LogP contribution in [0.4, 0.5) is 5.69 Å². The highest BCUT2D eigenvalue weighted by Crippen LogP contribution is 2.34. The van der Waals surface area contributed by atoms with E-state index >= 15 is 0 Å². The highest BCUT2D eigenvalue weighted by Gasteiger charge is 2.43. The summed E-state index contributed by atoms with van der Waals surface area (Å²) >= 11 is 5.77. The molecule has 7 heteroatoms. The highest BCUT2D eigenvalue weighted by atomic mass is 35.5. The molecule has 5 nitrogen and oxygen atoms in total. The van der Waals surface area contributed by atoms with Crippen molar-refractivity contribution in [2.75, 3.05) is 5.32 Å². The summed E-state index contributed by atoms with van der Waals surface area (Å²) in [7, 11) is -3.87. The second-order valence-corrected chi connectivity index (χ2v) is 6.35. The monoisotopic (exact) mass is 275 g/mol. The van der Waals surface area contributed by atoms with Gasteiger partial charge in [-0.1, -0.05) is 11.6 Å². The van der Waals surface area contributed by atoms with E-state index in [2.05, 4.69) is 5.32 Å². The molecule has 0 saturated heterocycles. The summed E-state index contributed by atoms with van der Waals surface area (Å²) in [6, 6.07) is 3.52. The van der Waals surface area contributed by atoms with Crippen molar-refractivity contribution in [1.82, 2.24) is 0 Å². The number of fused-ring (bicyclic) bond motifs is 1. The van der Waals surface area contributed by atoms with Crippen LogP contribution >= 0.6 is 11.6 Å². The van der Waals surface area contributed by atoms with Crippen molar-refractivity contribution in [2.45, 2.75) is 23.1 Å². The van der Waals surface area contributed by atoms with Crippen molar-refractivity contribution in [3.63, 3.8) is 0 Å². The Morgan fingerprint density at radius 1 is 1.47 bits per heavy atom. The maximum Gasteiger partial charge on any atom is 0.324 e. The van der Waals surface area contributed by atoms with E-state index in [-0.39, 0.29) is 4.90 Å². The maximum absolute atomic E-state index is 12.1. The minimum atomic E-state index is -3.87. The van der Waals surface area contributed by atoms with Gasteiger partial charge in [0.2, 0.25) is 0 Å². The van der Waals surface area contributed by atoms with Gasteiger partial charge in [-0.25, -0.2) is 8.42 Å². The average Bonchev–Trinajstić information content (AvgIpc) is 2.14. The van der Waals surface area contributed by atoms with E-state index in [9.17, 15) is 13.2 Å². The summed E-state index contributed by atoms with van der Waals surface area (Å²) in [5.41, 5.74) is 0.350. The SMILES string of the molecule is CC1Nc2cc(Cl)ccc2S(=O)(=O)C1C(=O)O. The molecule has 1 aliphatic rings. The van der Waals surface area contributed by atoms with Crippen LogP contribution in [-0.4, -0.2) is 30.8 Å². The number of benzene rings is 1. The lowest BCUT2D eigenvalue weighted by molar-refractivity contribution is -0.136. The molecule has 2 unspecified atom stereocenters. The molecule has 1 heterocycles. The van der Waals surface area contributed by atoms with Gasteiger partial charge < -0.3 is 10.4 Å². The highest BCUT2D eigenvalue weighted by molar-refractivity contribution is 7.93. The Balaban J connectivity index is 2.66. The quantitative estimate of drug-likeness (QED) is 0.809. The van der Waals surface area contributed by atoms with Crippen LogP contribution < -0.4 is 5.32 Å². The predicted octanol–water partition coefficient (Wildman–Crippen LogP) is 1.38. The van der Waals surface area contributed by atoms with Gasteiger partial charge in [-0.2, -0.15) is 0 Å². The molecule has 0 saturated carbocycles. The fourth-order valence-corrected chi connectivity index (χ4v) is 3.93. The maximum atomic E-state index is 12.1. The summed E-state index contributed by atoms with van der Waals surface area (Å²) in [6.45, 7) is 1.51. The molecule has 0 aliphatic carbocycles. The van der Waals surface area contributed by atoms with Gasteiger partial charge in [-0.05, 0) is 25.1 Å². The first-order valence-electron chi connectivity index (χ1n) is 4.87. The standard InChI is InChI=1S/C10H10ClNO4S/c1-5-9(10(13)14)17(15,16)8-3-2-6(11)4-7(8)12-5/h2-5,9,12H,1H3,(H,13,14). The van der Waals surface area contributed by atoms with Crippen LogP contribution in [0.3, 0.4) is 0 Å². The molecule has 0 spiro atoms. The van der Waals surface area contributed by atoms with Gasteiger partial charge in [0.25, 0.3) is 0 Å². The fraction of sp³-hybridized carbons (Fsp3) is 0.300. The largest absolute Gasteiger partial charge is 0.480 e. The van der Waals surface area contributed by atoms with E-state index in [1.54, 1.807) is 0 Å². The first-order chi connectivity index (χ1) is 7.84. The number of hydrogen-bond acceptors (Lipinski definition) is 4. The number of sulfone groups is 1. The topological polar surface area (TPSA) is 83.5 Å². The van der Waals surface area contributed by atoms with Gasteiger partial charge in [0.1, 0.15) is 0 Å². The van der Waals surface area contributed by atoms with Crippen LogP contribution in [0.5, 0.6) is 0 Å². The van der Waals surface area contributed by atoms with Crippen LogP contribution in [-0.2, 0) is 14.6 Å². The summed E-state index contributed by atoms with van der Waals surface area (Å²) < 4.78 is 24.2. The van der Waals surface area contributed by atoms with Gasteiger partial charge in [-0.15, -0.1) is 0 Å². The molecule has 1 aliphatic heterocycles. The number of carboxylic acids is 1. The Kier molecular flexibility index (Phi) is 2.79. The van der Waals surface area contributed by atoms with Crippen LogP contribution in [0.2, 0.25) is 5.02 Å². The molecule has 2 rings (SSSR count). The van der Waals surface area contributed by atoms with Crippen LogP contribution in [0.25, 0.3) is 0 Å². The summed E-state index contributed by atoms with van der Waals surface area (Å²) in [5.74, 6) is -1.36. The third kappa shape index (κ3) is 1.87.